The maximum absolute atomic E-state index is 4.94. The van der Waals surface area contributed by atoms with Crippen molar-refractivity contribution in [2.24, 2.45) is 0 Å². The molecule has 0 aliphatic carbocycles. The second-order valence-electron chi connectivity index (χ2n) is 3.96. The number of rotatable bonds is 0. The van der Waals surface area contributed by atoms with Gasteiger partial charge in [-0.15, -0.1) is 0 Å². The third-order valence-corrected chi connectivity index (χ3v) is 2.48. The quantitative estimate of drug-likeness (QED) is 0.334. The zero-order valence-electron chi connectivity index (χ0n) is 11.1. The molecule has 3 fully saturated rings. The van der Waals surface area contributed by atoms with Gasteiger partial charge < -0.3 is 38.2 Å². The van der Waals surface area contributed by atoms with Crippen molar-refractivity contribution in [2.75, 3.05) is 39.6 Å². The van der Waals surface area contributed by atoms with Crippen molar-refractivity contribution in [3.05, 3.63) is 0 Å². The van der Waals surface area contributed by atoms with Crippen LogP contribution in [0.25, 0.3) is 0 Å². The Morgan fingerprint density at radius 1 is 0.412 bits per heavy atom. The monoisotopic (exact) mass is 350 g/mol. The van der Waals surface area contributed by atoms with Crippen LogP contribution in [0.2, 0.25) is 0 Å². The molecule has 3 aliphatic rings. The summed E-state index contributed by atoms with van der Waals surface area (Å²) >= 11 is 0. The van der Waals surface area contributed by atoms with E-state index in [1.54, 1.807) is 0 Å². The predicted molar refractivity (Wildman–Crippen MR) is 60.2 cm³/mol. The van der Waals surface area contributed by atoms with E-state index in [-0.39, 0.29) is 42.8 Å². The van der Waals surface area contributed by atoms with Crippen molar-refractivity contribution in [3.8, 4) is 0 Å². The summed E-state index contributed by atoms with van der Waals surface area (Å²) in [6.45, 7) is 6.00. The summed E-state index contributed by atoms with van der Waals surface area (Å²) < 4.78 is 14.8. The van der Waals surface area contributed by atoms with Gasteiger partial charge in [-0.1, -0.05) is 0 Å². The van der Waals surface area contributed by atoms with E-state index in [1.807, 2.05) is 0 Å². The number of halogens is 1. The van der Waals surface area contributed by atoms with Crippen molar-refractivity contribution >= 4 is 0 Å². The summed E-state index contributed by atoms with van der Waals surface area (Å²) in [6, 6.07) is 0. The molecule has 0 amide bonds. The van der Waals surface area contributed by atoms with Crippen LogP contribution >= 0.6 is 0 Å². The van der Waals surface area contributed by atoms with Crippen LogP contribution in [0.4, 0.5) is 0 Å². The van der Waals surface area contributed by atoms with Crippen molar-refractivity contribution < 1.29 is 57.0 Å². The first-order chi connectivity index (χ1) is 7.50. The summed E-state index contributed by atoms with van der Waals surface area (Å²) in [4.78, 5) is 0. The van der Waals surface area contributed by atoms with E-state index >= 15 is 0 Å². The van der Waals surface area contributed by atoms with Gasteiger partial charge in [0.2, 0.25) is 0 Å². The zero-order valence-corrected chi connectivity index (χ0v) is 13.2. The fourth-order valence-electron chi connectivity index (χ4n) is 1.53. The topological polar surface area (TPSA) is 27.7 Å². The molecule has 3 saturated heterocycles. The third kappa shape index (κ3) is 15.1. The standard InChI is InChI=1S/3C4H8O.HI.Li/c3*1-2-4-5-3-1;;/h3*1-4H2;1H;/q;;;;+1/p-1. The molecule has 98 valence electrons. The van der Waals surface area contributed by atoms with Crippen LogP contribution in [0.1, 0.15) is 38.5 Å². The largest absolute Gasteiger partial charge is 1.00 e. The summed E-state index contributed by atoms with van der Waals surface area (Å²) in [5.41, 5.74) is 0. The summed E-state index contributed by atoms with van der Waals surface area (Å²) in [5, 5.41) is 0. The predicted octanol–water partition coefficient (Wildman–Crippen LogP) is -3.60. The molecule has 0 aromatic rings. The van der Waals surface area contributed by atoms with Gasteiger partial charge in [-0.05, 0) is 38.5 Å². The van der Waals surface area contributed by atoms with Crippen LogP contribution in [0, 0.1) is 0 Å². The molecule has 0 radical (unpaired) electrons. The molecule has 0 spiro atoms. The van der Waals surface area contributed by atoms with Gasteiger partial charge in [0.15, 0.2) is 0 Å². The van der Waals surface area contributed by atoms with Gasteiger partial charge in [-0.2, -0.15) is 0 Å². The third-order valence-electron chi connectivity index (χ3n) is 2.48. The van der Waals surface area contributed by atoms with Gasteiger partial charge >= 0.3 is 18.9 Å². The molecule has 3 heterocycles. The second kappa shape index (κ2) is 17.2. The maximum Gasteiger partial charge on any atom is 1.00 e. The average molecular weight is 350 g/mol. The van der Waals surface area contributed by atoms with Crippen molar-refractivity contribution in [2.45, 2.75) is 38.5 Å². The first-order valence-electron chi connectivity index (χ1n) is 6.23. The van der Waals surface area contributed by atoms with E-state index in [1.165, 1.54) is 38.5 Å². The van der Waals surface area contributed by atoms with E-state index in [2.05, 4.69) is 0 Å². The molecule has 0 atom stereocenters. The number of hydrogen-bond donors (Lipinski definition) is 0. The fraction of sp³-hybridized carbons (Fsp3) is 1.00. The number of hydrogen-bond acceptors (Lipinski definition) is 3. The molecule has 5 heteroatoms. The maximum atomic E-state index is 4.94. The molecule has 0 bridgehead atoms. The van der Waals surface area contributed by atoms with Crippen molar-refractivity contribution in [3.63, 3.8) is 0 Å². The van der Waals surface area contributed by atoms with E-state index in [4.69, 9.17) is 14.2 Å². The van der Waals surface area contributed by atoms with Crippen molar-refractivity contribution in [1.29, 1.82) is 0 Å². The van der Waals surface area contributed by atoms with Gasteiger partial charge in [-0.25, -0.2) is 0 Å². The first-order valence-corrected chi connectivity index (χ1v) is 6.23. The minimum atomic E-state index is 0. The van der Waals surface area contributed by atoms with E-state index < -0.39 is 0 Å². The van der Waals surface area contributed by atoms with Crippen LogP contribution in [-0.4, -0.2) is 39.6 Å². The van der Waals surface area contributed by atoms with E-state index in [0.29, 0.717) is 0 Å². The van der Waals surface area contributed by atoms with Crippen LogP contribution in [-0.2, 0) is 14.2 Å². The Bertz CT molecular complexity index is 80.3. The van der Waals surface area contributed by atoms with Crippen LogP contribution in [0.5, 0.6) is 0 Å². The Morgan fingerprint density at radius 3 is 0.647 bits per heavy atom. The zero-order chi connectivity index (χ0) is 10.6. The Morgan fingerprint density at radius 2 is 0.588 bits per heavy atom. The summed E-state index contributed by atoms with van der Waals surface area (Å²) in [5.74, 6) is 0. The van der Waals surface area contributed by atoms with Crippen LogP contribution in [0.15, 0.2) is 0 Å². The van der Waals surface area contributed by atoms with Crippen LogP contribution < -0.4 is 42.8 Å². The minimum Gasteiger partial charge on any atom is -1.00 e. The van der Waals surface area contributed by atoms with Gasteiger partial charge in [0.25, 0.3) is 0 Å². The molecule has 3 aliphatic heterocycles. The van der Waals surface area contributed by atoms with Gasteiger partial charge in [0, 0.05) is 39.6 Å². The Hall–Kier alpha value is 1.21. The fourth-order valence-corrected chi connectivity index (χ4v) is 1.53. The SMILES string of the molecule is C1CCOC1.C1CCOC1.C1CCOC1.[I-].[Li+]. The molecule has 0 aromatic carbocycles. The Balaban J connectivity index is 0. The number of ether oxygens (including phenoxy) is 3. The Kier molecular flexibility index (Phi) is 20.8. The van der Waals surface area contributed by atoms with Gasteiger partial charge in [0.05, 0.1) is 0 Å². The van der Waals surface area contributed by atoms with Crippen LogP contribution in [0.3, 0.4) is 0 Å². The molecule has 17 heavy (non-hydrogen) atoms. The van der Waals surface area contributed by atoms with Gasteiger partial charge in [0.1, 0.15) is 0 Å². The molecule has 0 saturated carbocycles. The second-order valence-corrected chi connectivity index (χ2v) is 3.96. The molecular formula is C12H24ILiO3. The normalized spacial score (nSPS) is 21.2. The minimum absolute atomic E-state index is 0. The smallest absolute Gasteiger partial charge is 1.00 e. The summed E-state index contributed by atoms with van der Waals surface area (Å²) in [6.07, 6.45) is 7.67. The molecule has 0 aromatic heterocycles. The van der Waals surface area contributed by atoms with Gasteiger partial charge in [-0.3, -0.25) is 0 Å². The van der Waals surface area contributed by atoms with E-state index in [9.17, 15) is 0 Å². The molecule has 0 unspecified atom stereocenters. The molecular weight excluding hydrogens is 326 g/mol. The van der Waals surface area contributed by atoms with E-state index in [0.717, 1.165) is 39.6 Å². The summed E-state index contributed by atoms with van der Waals surface area (Å²) in [7, 11) is 0. The molecule has 3 nitrogen and oxygen atoms in total. The van der Waals surface area contributed by atoms with Crippen molar-refractivity contribution in [1.82, 2.24) is 0 Å². The Labute approximate surface area is 135 Å². The molecule has 3 rings (SSSR count). The molecule has 0 N–H and O–H groups in total. The average Bonchev–Trinajstić information content (AvgIpc) is 3.09. The first kappa shape index (κ1) is 20.5.